The van der Waals surface area contributed by atoms with Gasteiger partial charge in [-0.05, 0) is 29.9 Å². The molecule has 1 N–H and O–H groups in total. The standard InChI is InChI=1S/C19H19N3O2S2/c23-17(20-11-13-5-2-1-3-6-13)14-7-4-9-22(12-14)19-21-15-8-10-25-16(15)18(24)26-19/h1-3,5-6,8,10,14H,4,7,9,11-12H2,(H,20,23)/t14-/m0/s1. The minimum Gasteiger partial charge on any atom is -0.352 e. The number of aromatic nitrogens is 1. The molecular formula is C19H19N3O2S2. The average molecular weight is 386 g/mol. The number of hydrogen-bond acceptors (Lipinski definition) is 6. The molecule has 3 heterocycles. The molecule has 0 spiro atoms. The summed E-state index contributed by atoms with van der Waals surface area (Å²) in [6.07, 6.45) is 1.79. The summed E-state index contributed by atoms with van der Waals surface area (Å²) in [7, 11) is 0. The van der Waals surface area contributed by atoms with Gasteiger partial charge in [0, 0.05) is 19.6 Å². The molecule has 1 aliphatic heterocycles. The highest BCUT2D eigenvalue weighted by molar-refractivity contribution is 7.21. The zero-order valence-corrected chi connectivity index (χ0v) is 15.8. The van der Waals surface area contributed by atoms with E-state index in [2.05, 4.69) is 15.2 Å². The van der Waals surface area contributed by atoms with Crippen LogP contribution in [0.25, 0.3) is 10.2 Å². The van der Waals surface area contributed by atoms with E-state index in [1.807, 2.05) is 41.8 Å². The molecule has 1 aliphatic rings. The Labute approximate surface area is 159 Å². The van der Waals surface area contributed by atoms with Crippen LogP contribution in [0.4, 0.5) is 5.13 Å². The number of thiophene rings is 1. The van der Waals surface area contributed by atoms with E-state index in [-0.39, 0.29) is 16.6 Å². The first kappa shape index (κ1) is 17.2. The van der Waals surface area contributed by atoms with Gasteiger partial charge in [-0.2, -0.15) is 0 Å². The Hall–Kier alpha value is -2.25. The zero-order valence-electron chi connectivity index (χ0n) is 14.2. The van der Waals surface area contributed by atoms with Gasteiger partial charge in [0.2, 0.25) is 5.91 Å². The van der Waals surface area contributed by atoms with Gasteiger partial charge in [0.25, 0.3) is 4.74 Å². The minimum absolute atomic E-state index is 0.0515. The zero-order chi connectivity index (χ0) is 17.9. The molecule has 2 aromatic heterocycles. The number of piperidine rings is 1. The lowest BCUT2D eigenvalue weighted by molar-refractivity contribution is -0.125. The topological polar surface area (TPSA) is 62.3 Å². The lowest BCUT2D eigenvalue weighted by atomic mass is 9.97. The smallest absolute Gasteiger partial charge is 0.255 e. The van der Waals surface area contributed by atoms with E-state index in [1.165, 1.54) is 22.7 Å². The third-order valence-electron chi connectivity index (χ3n) is 4.60. The second-order valence-electron chi connectivity index (χ2n) is 6.41. The van der Waals surface area contributed by atoms with Gasteiger partial charge >= 0.3 is 0 Å². The summed E-state index contributed by atoms with van der Waals surface area (Å²) in [5.74, 6) is -0.00255. The van der Waals surface area contributed by atoms with Gasteiger partial charge in [-0.3, -0.25) is 9.59 Å². The van der Waals surface area contributed by atoms with Crippen LogP contribution in [0.5, 0.6) is 0 Å². The highest BCUT2D eigenvalue weighted by atomic mass is 32.1. The lowest BCUT2D eigenvalue weighted by Crippen LogP contribution is -2.43. The maximum atomic E-state index is 12.6. The van der Waals surface area contributed by atoms with Crippen LogP contribution in [0, 0.1) is 5.92 Å². The maximum absolute atomic E-state index is 12.6. The monoisotopic (exact) mass is 385 g/mol. The SMILES string of the molecule is O=C(NCc1ccccc1)[C@H]1CCCN(c2nc3ccsc3c(=O)s2)C1. The first-order valence-corrected chi connectivity index (χ1v) is 10.4. The molecule has 5 nitrogen and oxygen atoms in total. The summed E-state index contributed by atoms with van der Waals surface area (Å²) in [4.78, 5) is 31.5. The molecule has 0 bridgehead atoms. The van der Waals surface area contributed by atoms with Crippen molar-refractivity contribution < 1.29 is 4.79 Å². The molecule has 1 saturated heterocycles. The molecule has 0 unspecified atom stereocenters. The average Bonchev–Trinajstić information content (AvgIpc) is 3.16. The van der Waals surface area contributed by atoms with Crippen LogP contribution in [-0.2, 0) is 11.3 Å². The number of carbonyl (C=O) groups excluding carboxylic acids is 1. The Balaban J connectivity index is 1.44. The molecule has 134 valence electrons. The van der Waals surface area contributed by atoms with Crippen molar-refractivity contribution >= 4 is 43.9 Å². The van der Waals surface area contributed by atoms with E-state index in [0.29, 0.717) is 17.8 Å². The second-order valence-corrected chi connectivity index (χ2v) is 8.26. The Bertz CT molecular complexity index is 968. The summed E-state index contributed by atoms with van der Waals surface area (Å²) in [5, 5.41) is 5.65. The number of rotatable bonds is 4. The van der Waals surface area contributed by atoms with E-state index >= 15 is 0 Å². The predicted molar refractivity (Wildman–Crippen MR) is 107 cm³/mol. The molecule has 26 heavy (non-hydrogen) atoms. The lowest BCUT2D eigenvalue weighted by Gasteiger charge is -2.32. The number of nitrogens with one attached hydrogen (secondary N) is 1. The van der Waals surface area contributed by atoms with E-state index in [4.69, 9.17) is 0 Å². The molecule has 1 fully saturated rings. The molecular weight excluding hydrogens is 366 g/mol. The van der Waals surface area contributed by atoms with Crippen molar-refractivity contribution in [3.63, 3.8) is 0 Å². The van der Waals surface area contributed by atoms with Crippen molar-refractivity contribution in [2.24, 2.45) is 5.92 Å². The quantitative estimate of drug-likeness (QED) is 0.749. The molecule has 0 radical (unpaired) electrons. The molecule has 1 atom stereocenters. The number of nitrogens with zero attached hydrogens (tertiary/aromatic N) is 2. The molecule has 4 rings (SSSR count). The van der Waals surface area contributed by atoms with Crippen LogP contribution in [-0.4, -0.2) is 24.0 Å². The molecule has 0 saturated carbocycles. The summed E-state index contributed by atoms with van der Waals surface area (Å²) < 4.78 is 0.767. The Kier molecular flexibility index (Phi) is 4.99. The molecule has 0 aliphatic carbocycles. The highest BCUT2D eigenvalue weighted by Crippen LogP contribution is 2.26. The number of amides is 1. The fourth-order valence-corrected chi connectivity index (χ4v) is 4.96. The largest absolute Gasteiger partial charge is 0.352 e. The molecule has 3 aromatic rings. The van der Waals surface area contributed by atoms with Crippen molar-refractivity contribution in [2.75, 3.05) is 18.0 Å². The van der Waals surface area contributed by atoms with Crippen LogP contribution in [0.2, 0.25) is 0 Å². The Morgan fingerprint density at radius 2 is 2.12 bits per heavy atom. The van der Waals surface area contributed by atoms with Gasteiger partial charge in [-0.1, -0.05) is 41.7 Å². The van der Waals surface area contributed by atoms with Gasteiger partial charge in [-0.15, -0.1) is 11.3 Å². The summed E-state index contributed by atoms with van der Waals surface area (Å²) in [6, 6.07) is 11.8. The fraction of sp³-hybridized carbons (Fsp3) is 0.316. The molecule has 7 heteroatoms. The normalized spacial score (nSPS) is 17.4. The molecule has 1 aromatic carbocycles. The summed E-state index contributed by atoms with van der Waals surface area (Å²) >= 11 is 2.61. The Morgan fingerprint density at radius 1 is 1.27 bits per heavy atom. The number of benzene rings is 1. The van der Waals surface area contributed by atoms with Gasteiger partial charge in [0.05, 0.1) is 11.4 Å². The minimum atomic E-state index is -0.0743. The first-order chi connectivity index (χ1) is 12.7. The van der Waals surface area contributed by atoms with Crippen LogP contribution in [0.3, 0.4) is 0 Å². The third-order valence-corrected chi connectivity index (χ3v) is 6.56. The van der Waals surface area contributed by atoms with Crippen molar-refractivity contribution in [3.05, 3.63) is 56.9 Å². The van der Waals surface area contributed by atoms with Crippen LogP contribution < -0.4 is 15.0 Å². The number of hydrogen-bond donors (Lipinski definition) is 1. The van der Waals surface area contributed by atoms with Crippen molar-refractivity contribution in [1.29, 1.82) is 0 Å². The van der Waals surface area contributed by atoms with Crippen LogP contribution in [0.1, 0.15) is 18.4 Å². The third kappa shape index (κ3) is 3.64. The van der Waals surface area contributed by atoms with E-state index in [1.54, 1.807) is 0 Å². The van der Waals surface area contributed by atoms with Gasteiger partial charge in [-0.25, -0.2) is 4.98 Å². The second kappa shape index (κ2) is 7.55. The van der Waals surface area contributed by atoms with Gasteiger partial charge < -0.3 is 10.2 Å². The van der Waals surface area contributed by atoms with Crippen LogP contribution in [0.15, 0.2) is 46.6 Å². The highest BCUT2D eigenvalue weighted by Gasteiger charge is 2.27. The number of carbonyl (C=O) groups is 1. The van der Waals surface area contributed by atoms with Crippen LogP contribution >= 0.6 is 22.7 Å². The van der Waals surface area contributed by atoms with Gasteiger partial charge in [0.15, 0.2) is 5.13 Å². The van der Waals surface area contributed by atoms with E-state index in [9.17, 15) is 9.59 Å². The number of anilines is 1. The predicted octanol–water partition coefficient (Wildman–Crippen LogP) is 3.25. The first-order valence-electron chi connectivity index (χ1n) is 8.65. The van der Waals surface area contributed by atoms with E-state index in [0.717, 1.165) is 35.6 Å². The summed E-state index contributed by atoms with van der Waals surface area (Å²) in [6.45, 7) is 1.99. The maximum Gasteiger partial charge on any atom is 0.255 e. The van der Waals surface area contributed by atoms with Crippen molar-refractivity contribution in [1.82, 2.24) is 10.3 Å². The Morgan fingerprint density at radius 3 is 2.96 bits per heavy atom. The molecule has 1 amide bonds. The summed E-state index contributed by atoms with van der Waals surface area (Å²) in [5.41, 5.74) is 1.85. The van der Waals surface area contributed by atoms with E-state index < -0.39 is 0 Å². The number of fused-ring (bicyclic) bond motifs is 1. The fourth-order valence-electron chi connectivity index (χ4n) is 3.23. The van der Waals surface area contributed by atoms with Crippen molar-refractivity contribution in [3.8, 4) is 0 Å². The van der Waals surface area contributed by atoms with Crippen molar-refractivity contribution in [2.45, 2.75) is 19.4 Å². The van der Waals surface area contributed by atoms with Gasteiger partial charge in [0.1, 0.15) is 4.70 Å².